The van der Waals surface area contributed by atoms with E-state index in [1.807, 2.05) is 43.3 Å². The van der Waals surface area contributed by atoms with E-state index in [1.54, 1.807) is 0 Å². The molecule has 5 heteroatoms. The topological polar surface area (TPSA) is 59.6 Å². The number of amides is 1. The lowest BCUT2D eigenvalue weighted by atomic mass is 10.1. The van der Waals surface area contributed by atoms with Gasteiger partial charge in [0, 0.05) is 17.8 Å². The third-order valence-electron chi connectivity index (χ3n) is 4.49. The van der Waals surface area contributed by atoms with E-state index in [9.17, 15) is 4.79 Å². The van der Waals surface area contributed by atoms with Gasteiger partial charge in [-0.15, -0.1) is 0 Å². The number of carbonyl (C=O) groups excluding carboxylic acids is 1. The molecule has 1 unspecified atom stereocenters. The number of anilines is 1. The molecule has 0 radical (unpaired) electrons. The van der Waals surface area contributed by atoms with Crippen LogP contribution in [-0.2, 0) is 6.42 Å². The van der Waals surface area contributed by atoms with Crippen molar-refractivity contribution in [2.45, 2.75) is 19.4 Å². The Morgan fingerprint density at radius 1 is 1.12 bits per heavy atom. The first-order chi connectivity index (χ1) is 11.7. The number of ether oxygens (including phenoxy) is 2. The number of fused-ring (bicyclic) bond motifs is 2. The Balaban J connectivity index is 1.49. The van der Waals surface area contributed by atoms with E-state index >= 15 is 0 Å². The molecular weight excluding hydrogens is 304 g/mol. The summed E-state index contributed by atoms with van der Waals surface area (Å²) < 4.78 is 11.1. The maximum absolute atomic E-state index is 12.5. The van der Waals surface area contributed by atoms with Crippen LogP contribution in [0.5, 0.6) is 11.5 Å². The Morgan fingerprint density at radius 2 is 1.96 bits per heavy atom. The van der Waals surface area contributed by atoms with Gasteiger partial charge in [-0.1, -0.05) is 6.07 Å². The molecule has 0 saturated carbocycles. The minimum atomic E-state index is -0.111. The Labute approximate surface area is 141 Å². The van der Waals surface area contributed by atoms with Crippen molar-refractivity contribution in [2.24, 2.45) is 0 Å². The molecule has 5 nitrogen and oxygen atoms in total. The SMILES string of the molecule is CC(NC(=O)c1ccc2c(c1)CCN2)c1ccc2c(c1)OCCO2. The molecule has 1 amide bonds. The summed E-state index contributed by atoms with van der Waals surface area (Å²) in [5.41, 5.74) is 4.03. The molecule has 124 valence electrons. The lowest BCUT2D eigenvalue weighted by molar-refractivity contribution is 0.0939. The van der Waals surface area contributed by atoms with Gasteiger partial charge in [0.15, 0.2) is 11.5 Å². The second-order valence-corrected chi connectivity index (χ2v) is 6.15. The average Bonchev–Trinajstić information content (AvgIpc) is 3.08. The van der Waals surface area contributed by atoms with Crippen molar-refractivity contribution in [1.29, 1.82) is 0 Å². The zero-order valence-electron chi connectivity index (χ0n) is 13.6. The van der Waals surface area contributed by atoms with Crippen molar-refractivity contribution >= 4 is 11.6 Å². The van der Waals surface area contributed by atoms with Gasteiger partial charge < -0.3 is 20.1 Å². The molecule has 2 heterocycles. The van der Waals surface area contributed by atoms with Crippen LogP contribution in [0.25, 0.3) is 0 Å². The van der Waals surface area contributed by atoms with E-state index in [4.69, 9.17) is 9.47 Å². The predicted molar refractivity (Wildman–Crippen MR) is 91.9 cm³/mol. The Morgan fingerprint density at radius 3 is 2.83 bits per heavy atom. The third kappa shape index (κ3) is 2.77. The summed E-state index contributed by atoms with van der Waals surface area (Å²) in [6.45, 7) is 4.04. The fraction of sp³-hybridized carbons (Fsp3) is 0.316. The van der Waals surface area contributed by atoms with Gasteiger partial charge in [-0.3, -0.25) is 4.79 Å². The Bertz CT molecular complexity index is 788. The number of rotatable bonds is 3. The van der Waals surface area contributed by atoms with Crippen LogP contribution < -0.4 is 20.1 Å². The summed E-state index contributed by atoms with van der Waals surface area (Å²) in [5, 5.41) is 6.36. The van der Waals surface area contributed by atoms with Crippen LogP contribution in [0, 0.1) is 0 Å². The van der Waals surface area contributed by atoms with Gasteiger partial charge in [0.1, 0.15) is 13.2 Å². The zero-order valence-corrected chi connectivity index (χ0v) is 13.6. The Kier molecular flexibility index (Phi) is 3.76. The van der Waals surface area contributed by atoms with Gasteiger partial charge in [-0.2, -0.15) is 0 Å². The fourth-order valence-electron chi connectivity index (χ4n) is 3.14. The predicted octanol–water partition coefficient (Wildman–Crippen LogP) is 2.92. The summed E-state index contributed by atoms with van der Waals surface area (Å²) in [6, 6.07) is 11.5. The molecule has 0 aliphatic carbocycles. The molecule has 0 fully saturated rings. The molecule has 2 aromatic carbocycles. The van der Waals surface area contributed by atoms with E-state index in [-0.39, 0.29) is 11.9 Å². The monoisotopic (exact) mass is 324 g/mol. The molecule has 1 atom stereocenters. The first kappa shape index (κ1) is 14.9. The van der Waals surface area contributed by atoms with E-state index in [1.165, 1.54) is 5.56 Å². The van der Waals surface area contributed by atoms with Crippen molar-refractivity contribution < 1.29 is 14.3 Å². The van der Waals surface area contributed by atoms with Crippen LogP contribution in [0.15, 0.2) is 36.4 Å². The molecule has 0 spiro atoms. The number of nitrogens with one attached hydrogen (secondary N) is 2. The molecule has 0 aromatic heterocycles. The number of carbonyl (C=O) groups is 1. The first-order valence-corrected chi connectivity index (χ1v) is 8.28. The van der Waals surface area contributed by atoms with Crippen LogP contribution in [0.4, 0.5) is 5.69 Å². The van der Waals surface area contributed by atoms with Crippen molar-refractivity contribution in [3.8, 4) is 11.5 Å². The van der Waals surface area contributed by atoms with Crippen molar-refractivity contribution in [1.82, 2.24) is 5.32 Å². The van der Waals surface area contributed by atoms with Gasteiger partial charge in [-0.05, 0) is 54.8 Å². The molecule has 0 saturated heterocycles. The highest BCUT2D eigenvalue weighted by atomic mass is 16.6. The molecular formula is C19H20N2O3. The van der Waals surface area contributed by atoms with Gasteiger partial charge in [0.25, 0.3) is 5.91 Å². The smallest absolute Gasteiger partial charge is 0.251 e. The van der Waals surface area contributed by atoms with Gasteiger partial charge >= 0.3 is 0 Å². The second-order valence-electron chi connectivity index (χ2n) is 6.15. The summed E-state index contributed by atoms with van der Waals surface area (Å²) >= 11 is 0. The largest absolute Gasteiger partial charge is 0.486 e. The summed E-state index contributed by atoms with van der Waals surface area (Å²) in [4.78, 5) is 12.5. The highest BCUT2D eigenvalue weighted by Crippen LogP contribution is 2.32. The number of hydrogen-bond donors (Lipinski definition) is 2. The lowest BCUT2D eigenvalue weighted by Crippen LogP contribution is -2.27. The molecule has 2 aliphatic heterocycles. The minimum absolute atomic E-state index is 0.0629. The quantitative estimate of drug-likeness (QED) is 0.911. The number of benzene rings is 2. The average molecular weight is 324 g/mol. The van der Waals surface area contributed by atoms with Crippen molar-refractivity contribution in [3.05, 3.63) is 53.1 Å². The maximum Gasteiger partial charge on any atom is 0.251 e. The zero-order chi connectivity index (χ0) is 16.5. The van der Waals surface area contributed by atoms with Crippen LogP contribution >= 0.6 is 0 Å². The van der Waals surface area contributed by atoms with E-state index in [2.05, 4.69) is 10.6 Å². The van der Waals surface area contributed by atoms with E-state index in [0.29, 0.717) is 18.8 Å². The van der Waals surface area contributed by atoms with Crippen LogP contribution in [0.3, 0.4) is 0 Å². The summed E-state index contributed by atoms with van der Waals surface area (Å²) in [7, 11) is 0. The van der Waals surface area contributed by atoms with Crippen molar-refractivity contribution in [3.63, 3.8) is 0 Å². The normalized spacial score (nSPS) is 16.0. The summed E-state index contributed by atoms with van der Waals surface area (Å²) in [5.74, 6) is 1.44. The van der Waals surface area contributed by atoms with Crippen LogP contribution in [0.2, 0.25) is 0 Å². The highest BCUT2D eigenvalue weighted by molar-refractivity contribution is 5.95. The van der Waals surface area contributed by atoms with E-state index < -0.39 is 0 Å². The van der Waals surface area contributed by atoms with Gasteiger partial charge in [-0.25, -0.2) is 0 Å². The van der Waals surface area contributed by atoms with Gasteiger partial charge in [0.05, 0.1) is 6.04 Å². The molecule has 0 bridgehead atoms. The molecule has 2 aliphatic rings. The van der Waals surface area contributed by atoms with Crippen LogP contribution in [0.1, 0.15) is 34.5 Å². The highest BCUT2D eigenvalue weighted by Gasteiger charge is 2.18. The maximum atomic E-state index is 12.5. The summed E-state index contributed by atoms with van der Waals surface area (Å²) in [6.07, 6.45) is 0.966. The molecule has 4 rings (SSSR count). The lowest BCUT2D eigenvalue weighted by Gasteiger charge is -2.21. The standard InChI is InChI=1S/C19H20N2O3/c1-12(13-3-5-17-18(11-13)24-9-8-23-17)21-19(22)15-2-4-16-14(10-15)6-7-20-16/h2-5,10-12,20H,6-9H2,1H3,(H,21,22). The Hall–Kier alpha value is -2.69. The fourth-order valence-corrected chi connectivity index (χ4v) is 3.14. The third-order valence-corrected chi connectivity index (χ3v) is 4.49. The molecule has 2 aromatic rings. The van der Waals surface area contributed by atoms with E-state index in [0.717, 1.165) is 35.7 Å². The second kappa shape index (κ2) is 6.07. The minimum Gasteiger partial charge on any atom is -0.486 e. The first-order valence-electron chi connectivity index (χ1n) is 8.28. The van der Waals surface area contributed by atoms with Crippen LogP contribution in [-0.4, -0.2) is 25.7 Å². The molecule has 2 N–H and O–H groups in total. The molecule has 24 heavy (non-hydrogen) atoms. The van der Waals surface area contributed by atoms with Gasteiger partial charge in [0.2, 0.25) is 0 Å². The van der Waals surface area contributed by atoms with Crippen molar-refractivity contribution in [2.75, 3.05) is 25.1 Å². The number of hydrogen-bond acceptors (Lipinski definition) is 4.